The fourth-order valence-corrected chi connectivity index (χ4v) is 2.73. The predicted molar refractivity (Wildman–Crippen MR) is 66.4 cm³/mol. The van der Waals surface area contributed by atoms with Crippen LogP contribution < -0.4 is 0 Å². The fourth-order valence-electron chi connectivity index (χ4n) is 2.34. The Morgan fingerprint density at radius 2 is 1.62 bits per heavy atom. The molecule has 3 atom stereocenters. The molecule has 0 bridgehead atoms. The van der Waals surface area contributed by atoms with Crippen molar-refractivity contribution in [1.29, 1.82) is 0 Å². The van der Waals surface area contributed by atoms with E-state index in [1.54, 1.807) is 0 Å². The highest BCUT2D eigenvalue weighted by molar-refractivity contribution is 7.95. The maximum absolute atomic E-state index is 13.5. The second kappa shape index (κ2) is 8.27. The van der Waals surface area contributed by atoms with Crippen molar-refractivity contribution in [2.24, 2.45) is 11.8 Å². The van der Waals surface area contributed by atoms with Gasteiger partial charge in [0.15, 0.2) is 0 Å². The lowest BCUT2D eigenvalue weighted by atomic mass is 9.79. The molecule has 140 valence electrons. The average molecular weight is 384 g/mol. The van der Waals surface area contributed by atoms with E-state index in [2.05, 4.69) is 14.1 Å². The number of carbonyl (C=O) groups excluding carboxylic acids is 1. The van der Waals surface area contributed by atoms with Gasteiger partial charge in [0.1, 0.15) is 12.0 Å². The van der Waals surface area contributed by atoms with Crippen LogP contribution >= 0.6 is 12.0 Å². The Hall–Kier alpha value is -1.18. The molecule has 1 rings (SSSR count). The maximum Gasteiger partial charge on any atom is 0.432 e. The minimum atomic E-state index is -5.67. The Balaban J connectivity index is 2.93. The molecule has 0 aliphatic heterocycles. The van der Waals surface area contributed by atoms with Gasteiger partial charge in [0.2, 0.25) is 0 Å². The molecule has 0 spiro atoms. The zero-order chi connectivity index (χ0) is 18.5. The number of carboxylic acid groups (broad SMARTS) is 1. The van der Waals surface area contributed by atoms with E-state index >= 15 is 0 Å². The lowest BCUT2D eigenvalue weighted by Gasteiger charge is -2.31. The number of carbonyl (C=O) groups is 2. The Morgan fingerprint density at radius 3 is 2.08 bits per heavy atom. The topological polar surface area (TPSA) is 102 Å². The second-order valence-corrected chi connectivity index (χ2v) is 5.83. The molecule has 0 amide bonds. The largest absolute Gasteiger partial charge is 0.481 e. The summed E-state index contributed by atoms with van der Waals surface area (Å²) in [6.45, 7) is 0. The van der Waals surface area contributed by atoms with Gasteiger partial charge >= 0.3 is 23.4 Å². The molecule has 24 heavy (non-hydrogen) atoms. The molecule has 1 fully saturated rings. The van der Waals surface area contributed by atoms with Gasteiger partial charge < -0.3 is 9.84 Å². The zero-order valence-electron chi connectivity index (χ0n) is 11.8. The molecule has 0 aromatic heterocycles. The first-order valence-electron chi connectivity index (χ1n) is 6.54. The molecule has 0 radical (unpaired) electrons. The minimum Gasteiger partial charge on any atom is -0.481 e. The van der Waals surface area contributed by atoms with Gasteiger partial charge in [-0.05, 0) is 12.8 Å². The van der Waals surface area contributed by atoms with Gasteiger partial charge in [-0.2, -0.15) is 22.0 Å². The summed E-state index contributed by atoms with van der Waals surface area (Å²) in [5.74, 6) is -5.87. The van der Waals surface area contributed by atoms with E-state index in [0.717, 1.165) is 0 Å². The van der Waals surface area contributed by atoms with Crippen molar-refractivity contribution in [2.75, 3.05) is 0 Å². The Bertz CT molecular complexity index is 459. The highest BCUT2D eigenvalue weighted by atomic mass is 32.2. The van der Waals surface area contributed by atoms with Gasteiger partial charge in [-0.1, -0.05) is 17.9 Å². The van der Waals surface area contributed by atoms with Gasteiger partial charge in [-0.15, -0.1) is 4.33 Å². The summed E-state index contributed by atoms with van der Waals surface area (Å²) in [6, 6.07) is 0. The molecular formula is C11H13F5O7S. The van der Waals surface area contributed by atoms with Gasteiger partial charge in [-0.3, -0.25) is 9.59 Å². The molecule has 1 saturated carbocycles. The van der Waals surface area contributed by atoms with Crippen molar-refractivity contribution < 1.29 is 56.0 Å². The van der Waals surface area contributed by atoms with Crippen LogP contribution in [0.3, 0.4) is 0 Å². The number of esters is 1. The van der Waals surface area contributed by atoms with Gasteiger partial charge in [0.25, 0.3) is 6.10 Å². The number of carboxylic acids is 1. The van der Waals surface area contributed by atoms with Crippen molar-refractivity contribution in [3.63, 3.8) is 0 Å². The van der Waals surface area contributed by atoms with E-state index in [1.165, 1.54) is 0 Å². The van der Waals surface area contributed by atoms with Crippen molar-refractivity contribution in [3.05, 3.63) is 0 Å². The number of hydrogen-bond acceptors (Lipinski definition) is 7. The van der Waals surface area contributed by atoms with E-state index in [4.69, 9.17) is 10.4 Å². The van der Waals surface area contributed by atoms with Crippen LogP contribution in [0.2, 0.25) is 0 Å². The molecule has 13 heteroatoms. The molecule has 0 heterocycles. The van der Waals surface area contributed by atoms with Gasteiger partial charge in [-0.25, -0.2) is 5.26 Å². The monoisotopic (exact) mass is 384 g/mol. The van der Waals surface area contributed by atoms with E-state index in [9.17, 15) is 31.5 Å². The Labute approximate surface area is 136 Å². The molecule has 1 aliphatic rings. The summed E-state index contributed by atoms with van der Waals surface area (Å²) in [5.41, 5.74) is 0. The summed E-state index contributed by atoms with van der Waals surface area (Å²) >= 11 is -1.21. The van der Waals surface area contributed by atoms with Gasteiger partial charge in [0.05, 0.1) is 11.8 Å². The van der Waals surface area contributed by atoms with E-state index in [1.807, 2.05) is 0 Å². The Morgan fingerprint density at radius 1 is 1.08 bits per heavy atom. The summed E-state index contributed by atoms with van der Waals surface area (Å²) in [4.78, 5) is 22.9. The quantitative estimate of drug-likeness (QED) is 0.227. The van der Waals surface area contributed by atoms with Crippen LogP contribution in [-0.2, 0) is 23.7 Å². The average Bonchev–Trinajstić information content (AvgIpc) is 2.49. The third kappa shape index (κ3) is 5.43. The van der Waals surface area contributed by atoms with Crippen LogP contribution in [0.4, 0.5) is 22.0 Å². The van der Waals surface area contributed by atoms with Crippen molar-refractivity contribution in [2.45, 2.75) is 43.2 Å². The standard InChI is InChI=1S/C11H13F5O7S/c12-10(13,14)9(11(15,16)24-23-22-20)21-8(19)6-4-2-1-3-5(6)7(17)18/h5-6,9,20H,1-4H2,(H,17,18). The number of halogens is 5. The molecule has 2 N–H and O–H groups in total. The maximum atomic E-state index is 13.5. The fraction of sp³-hybridized carbons (Fsp3) is 0.818. The molecule has 0 aromatic carbocycles. The molecular weight excluding hydrogens is 371 g/mol. The SMILES string of the molecule is O=C(O)C1CCCCC1C(=O)OC(C(F)(F)F)C(F)(F)SOOO. The number of aliphatic carboxylic acids is 1. The molecule has 0 saturated heterocycles. The van der Waals surface area contributed by atoms with E-state index in [0.29, 0.717) is 12.8 Å². The van der Waals surface area contributed by atoms with Crippen LogP contribution in [0, 0.1) is 11.8 Å². The number of alkyl halides is 5. The first kappa shape index (κ1) is 20.9. The molecule has 7 nitrogen and oxygen atoms in total. The summed E-state index contributed by atoms with van der Waals surface area (Å²) in [5, 5.41) is 14.7. The zero-order valence-corrected chi connectivity index (χ0v) is 12.6. The van der Waals surface area contributed by atoms with E-state index < -0.39 is 53.4 Å². The predicted octanol–water partition coefficient (Wildman–Crippen LogP) is 3.01. The minimum absolute atomic E-state index is 0.0262. The number of rotatable bonds is 7. The van der Waals surface area contributed by atoms with Crippen LogP contribution in [0.25, 0.3) is 0 Å². The smallest absolute Gasteiger partial charge is 0.432 e. The highest BCUT2D eigenvalue weighted by Gasteiger charge is 2.61. The number of hydrogen-bond donors (Lipinski definition) is 2. The number of ether oxygens (including phenoxy) is 1. The normalized spacial score (nSPS) is 23.6. The molecule has 1 aliphatic carbocycles. The molecule has 0 aromatic rings. The van der Waals surface area contributed by atoms with Crippen LogP contribution in [0.5, 0.6) is 0 Å². The van der Waals surface area contributed by atoms with Crippen LogP contribution in [0.1, 0.15) is 25.7 Å². The summed E-state index contributed by atoms with van der Waals surface area (Å²) in [7, 11) is 0. The van der Waals surface area contributed by atoms with Gasteiger partial charge in [0, 0.05) is 0 Å². The molecule has 3 unspecified atom stereocenters. The van der Waals surface area contributed by atoms with Crippen molar-refractivity contribution in [3.8, 4) is 0 Å². The first-order chi connectivity index (χ1) is 11.0. The summed E-state index contributed by atoms with van der Waals surface area (Å²) < 4.78 is 72.5. The second-order valence-electron chi connectivity index (χ2n) is 4.98. The lowest BCUT2D eigenvalue weighted by molar-refractivity contribution is -0.434. The third-order valence-electron chi connectivity index (χ3n) is 3.40. The Kier molecular flexibility index (Phi) is 7.19. The van der Waals surface area contributed by atoms with Crippen LogP contribution in [-0.4, -0.2) is 39.8 Å². The highest BCUT2D eigenvalue weighted by Crippen LogP contribution is 2.43. The summed E-state index contributed by atoms with van der Waals surface area (Å²) in [6.07, 6.45) is -8.84. The van der Waals surface area contributed by atoms with E-state index in [-0.39, 0.29) is 12.8 Å². The first-order valence-corrected chi connectivity index (χ1v) is 7.28. The van der Waals surface area contributed by atoms with Crippen molar-refractivity contribution >= 4 is 24.0 Å². The third-order valence-corrected chi connectivity index (χ3v) is 3.96. The lowest BCUT2D eigenvalue weighted by Crippen LogP contribution is -2.48. The van der Waals surface area contributed by atoms with Crippen molar-refractivity contribution in [1.82, 2.24) is 0 Å². The van der Waals surface area contributed by atoms with Crippen LogP contribution in [0.15, 0.2) is 0 Å².